The van der Waals surface area contributed by atoms with E-state index in [1.165, 1.54) is 5.56 Å². The van der Waals surface area contributed by atoms with Gasteiger partial charge < -0.3 is 9.32 Å². The largest absolute Gasteiger partial charge is 0.441 e. The highest BCUT2D eigenvalue weighted by Crippen LogP contribution is 2.30. The van der Waals surface area contributed by atoms with E-state index in [9.17, 15) is 4.79 Å². The smallest absolute Gasteiger partial charge is 0.223 e. The minimum absolute atomic E-state index is 0.145. The van der Waals surface area contributed by atoms with Crippen molar-refractivity contribution < 1.29 is 9.21 Å². The summed E-state index contributed by atoms with van der Waals surface area (Å²) in [7, 11) is 0. The lowest BCUT2D eigenvalue weighted by Gasteiger charge is -2.34. The summed E-state index contributed by atoms with van der Waals surface area (Å²) in [6.07, 6.45) is 3.54. The standard InChI is InChI=1S/C24H25Cl2N3O2/c25-19-6-7-20(21(26)16-19)22-17-27-23(31-22)8-9-24(30)29-14-12-28(13-15-29)11-10-18-4-2-1-3-5-18/h1-7,16-17H,8-15H2. The number of aromatic nitrogens is 1. The normalized spacial score (nSPS) is 14.7. The Morgan fingerprint density at radius 3 is 2.52 bits per heavy atom. The molecule has 1 saturated heterocycles. The number of piperazine rings is 1. The maximum absolute atomic E-state index is 12.6. The van der Waals surface area contributed by atoms with Gasteiger partial charge in [-0.1, -0.05) is 53.5 Å². The lowest BCUT2D eigenvalue weighted by Crippen LogP contribution is -2.49. The summed E-state index contributed by atoms with van der Waals surface area (Å²) in [5, 5.41) is 1.08. The maximum atomic E-state index is 12.6. The van der Waals surface area contributed by atoms with Crippen LogP contribution in [0.5, 0.6) is 0 Å². The number of nitrogens with zero attached hydrogens (tertiary/aromatic N) is 3. The van der Waals surface area contributed by atoms with Gasteiger partial charge in [-0.25, -0.2) is 4.98 Å². The number of oxazole rings is 1. The number of halogens is 2. The molecule has 1 amide bonds. The summed E-state index contributed by atoms with van der Waals surface area (Å²) in [4.78, 5) is 21.3. The first kappa shape index (κ1) is 21.9. The molecule has 0 unspecified atom stereocenters. The van der Waals surface area contributed by atoms with E-state index in [1.807, 2.05) is 11.0 Å². The summed E-state index contributed by atoms with van der Waals surface area (Å²) in [6, 6.07) is 15.7. The van der Waals surface area contributed by atoms with Gasteiger partial charge in [0, 0.05) is 56.2 Å². The Morgan fingerprint density at radius 2 is 1.77 bits per heavy atom. The van der Waals surface area contributed by atoms with Gasteiger partial charge in [0.2, 0.25) is 5.91 Å². The van der Waals surface area contributed by atoms with Gasteiger partial charge in [0.05, 0.1) is 11.2 Å². The molecule has 5 nitrogen and oxygen atoms in total. The van der Waals surface area contributed by atoms with Crippen LogP contribution in [0, 0.1) is 0 Å². The molecule has 0 spiro atoms. The molecule has 7 heteroatoms. The summed E-state index contributed by atoms with van der Waals surface area (Å²) < 4.78 is 5.80. The Balaban J connectivity index is 1.22. The van der Waals surface area contributed by atoms with E-state index < -0.39 is 0 Å². The van der Waals surface area contributed by atoms with Gasteiger partial charge in [-0.05, 0) is 30.2 Å². The molecule has 31 heavy (non-hydrogen) atoms. The molecule has 1 aliphatic rings. The van der Waals surface area contributed by atoms with Crippen LogP contribution in [0.15, 0.2) is 59.1 Å². The Kier molecular flexibility index (Phi) is 7.28. The van der Waals surface area contributed by atoms with Crippen LogP contribution >= 0.6 is 23.2 Å². The average Bonchev–Trinajstić information content (AvgIpc) is 3.26. The molecule has 4 rings (SSSR count). The minimum atomic E-state index is 0.145. The third kappa shape index (κ3) is 5.88. The van der Waals surface area contributed by atoms with Gasteiger partial charge >= 0.3 is 0 Å². The molecule has 1 fully saturated rings. The van der Waals surface area contributed by atoms with Crippen LogP contribution in [0.4, 0.5) is 0 Å². The van der Waals surface area contributed by atoms with Crippen molar-refractivity contribution in [2.24, 2.45) is 0 Å². The van der Waals surface area contributed by atoms with E-state index >= 15 is 0 Å². The zero-order valence-electron chi connectivity index (χ0n) is 17.3. The molecule has 0 atom stereocenters. The highest BCUT2D eigenvalue weighted by molar-refractivity contribution is 6.36. The van der Waals surface area contributed by atoms with Gasteiger partial charge in [0.15, 0.2) is 11.7 Å². The molecule has 3 aromatic rings. The highest BCUT2D eigenvalue weighted by Gasteiger charge is 2.21. The molecule has 1 aliphatic heterocycles. The van der Waals surface area contributed by atoms with Crippen LogP contribution in [-0.2, 0) is 17.6 Å². The number of hydrogen-bond acceptors (Lipinski definition) is 4. The van der Waals surface area contributed by atoms with E-state index in [1.54, 1.807) is 24.4 Å². The van der Waals surface area contributed by atoms with E-state index in [4.69, 9.17) is 27.6 Å². The second-order valence-corrected chi connectivity index (χ2v) is 8.54. The second kappa shape index (κ2) is 10.3. The first-order valence-electron chi connectivity index (χ1n) is 10.5. The van der Waals surface area contributed by atoms with E-state index in [0.717, 1.165) is 44.7 Å². The number of hydrogen-bond donors (Lipinski definition) is 0. The number of rotatable bonds is 7. The molecule has 0 bridgehead atoms. The SMILES string of the molecule is O=C(CCc1ncc(-c2ccc(Cl)cc2Cl)o1)N1CCN(CCc2ccccc2)CC1. The van der Waals surface area contributed by atoms with Crippen LogP contribution in [0.25, 0.3) is 11.3 Å². The van der Waals surface area contributed by atoms with E-state index in [-0.39, 0.29) is 5.91 Å². The first-order valence-corrected chi connectivity index (χ1v) is 11.3. The predicted molar refractivity (Wildman–Crippen MR) is 123 cm³/mol. The quantitative estimate of drug-likeness (QED) is 0.502. The van der Waals surface area contributed by atoms with Crippen molar-refractivity contribution in [3.05, 3.63) is 76.2 Å². The maximum Gasteiger partial charge on any atom is 0.223 e. The first-order chi connectivity index (χ1) is 15.1. The summed E-state index contributed by atoms with van der Waals surface area (Å²) in [5.41, 5.74) is 2.09. The van der Waals surface area contributed by atoms with Crippen LogP contribution in [0.2, 0.25) is 10.0 Å². The van der Waals surface area contributed by atoms with Crippen molar-refractivity contribution in [2.75, 3.05) is 32.7 Å². The van der Waals surface area contributed by atoms with Crippen LogP contribution < -0.4 is 0 Å². The van der Waals surface area contributed by atoms with Crippen molar-refractivity contribution >= 4 is 29.1 Å². The molecule has 2 heterocycles. The minimum Gasteiger partial charge on any atom is -0.441 e. The Bertz CT molecular complexity index is 1010. The number of aryl methyl sites for hydroxylation is 1. The Labute approximate surface area is 192 Å². The Hall–Kier alpha value is -2.34. The van der Waals surface area contributed by atoms with E-state index in [2.05, 4.69) is 34.1 Å². The van der Waals surface area contributed by atoms with Gasteiger partial charge in [0.25, 0.3) is 0 Å². The van der Waals surface area contributed by atoms with Gasteiger partial charge in [-0.15, -0.1) is 0 Å². The van der Waals surface area contributed by atoms with Gasteiger partial charge in [-0.3, -0.25) is 9.69 Å². The molecular weight excluding hydrogens is 433 g/mol. The average molecular weight is 458 g/mol. The zero-order valence-corrected chi connectivity index (χ0v) is 18.8. The second-order valence-electron chi connectivity index (χ2n) is 7.70. The van der Waals surface area contributed by atoms with Crippen molar-refractivity contribution in [3.63, 3.8) is 0 Å². The monoisotopic (exact) mass is 457 g/mol. The fraction of sp³-hybridized carbons (Fsp3) is 0.333. The Morgan fingerprint density at radius 1 is 1.00 bits per heavy atom. The molecular formula is C24H25Cl2N3O2. The highest BCUT2D eigenvalue weighted by atomic mass is 35.5. The van der Waals surface area contributed by atoms with Gasteiger partial charge in [0.1, 0.15) is 0 Å². The summed E-state index contributed by atoms with van der Waals surface area (Å²) >= 11 is 12.2. The van der Waals surface area contributed by atoms with Crippen molar-refractivity contribution in [2.45, 2.75) is 19.3 Å². The number of carbonyl (C=O) groups is 1. The van der Waals surface area contributed by atoms with Crippen LogP contribution in [0.1, 0.15) is 17.9 Å². The number of benzene rings is 2. The van der Waals surface area contributed by atoms with Crippen molar-refractivity contribution in [1.29, 1.82) is 0 Å². The van der Waals surface area contributed by atoms with Gasteiger partial charge in [-0.2, -0.15) is 0 Å². The van der Waals surface area contributed by atoms with Crippen molar-refractivity contribution in [3.8, 4) is 11.3 Å². The predicted octanol–water partition coefficient (Wildman–Crippen LogP) is 4.97. The fourth-order valence-corrected chi connectivity index (χ4v) is 4.27. The molecule has 2 aromatic carbocycles. The number of amides is 1. The molecule has 0 N–H and O–H groups in total. The zero-order chi connectivity index (χ0) is 21.6. The lowest BCUT2D eigenvalue weighted by atomic mass is 10.1. The third-order valence-electron chi connectivity index (χ3n) is 5.59. The fourth-order valence-electron chi connectivity index (χ4n) is 3.76. The topological polar surface area (TPSA) is 49.6 Å². The molecule has 162 valence electrons. The van der Waals surface area contributed by atoms with Crippen LogP contribution in [0.3, 0.4) is 0 Å². The van der Waals surface area contributed by atoms with E-state index in [0.29, 0.717) is 34.5 Å². The summed E-state index contributed by atoms with van der Waals surface area (Å²) in [6.45, 7) is 4.39. The summed E-state index contributed by atoms with van der Waals surface area (Å²) in [5.74, 6) is 1.26. The van der Waals surface area contributed by atoms with Crippen molar-refractivity contribution in [1.82, 2.24) is 14.8 Å². The molecule has 1 aromatic heterocycles. The molecule has 0 aliphatic carbocycles. The number of carbonyl (C=O) groups excluding carboxylic acids is 1. The molecule has 0 saturated carbocycles. The lowest BCUT2D eigenvalue weighted by molar-refractivity contribution is -0.133. The third-order valence-corrected chi connectivity index (χ3v) is 6.14. The molecule has 0 radical (unpaired) electrons. The van der Waals surface area contributed by atoms with Crippen LogP contribution in [-0.4, -0.2) is 53.4 Å².